The molecule has 1 atom stereocenters. The van der Waals surface area contributed by atoms with Crippen molar-refractivity contribution in [3.63, 3.8) is 0 Å². The molecule has 0 aromatic rings. The van der Waals surface area contributed by atoms with Gasteiger partial charge in [0.2, 0.25) is 0 Å². The van der Waals surface area contributed by atoms with E-state index in [-0.39, 0.29) is 11.1 Å². The molecule has 1 aliphatic heterocycles. The highest BCUT2D eigenvalue weighted by molar-refractivity contribution is 4.92. The van der Waals surface area contributed by atoms with E-state index in [2.05, 4.69) is 0 Å². The second-order valence-corrected chi connectivity index (χ2v) is 6.15. The minimum absolute atomic E-state index is 0.154. The molecule has 0 bridgehead atoms. The predicted octanol–water partition coefficient (Wildman–Crippen LogP) is 2.23. The maximum absolute atomic E-state index is 5.98. The molecule has 3 heteroatoms. The van der Waals surface area contributed by atoms with E-state index in [0.717, 1.165) is 19.4 Å². The predicted molar refractivity (Wildman–Crippen MR) is 64.4 cm³/mol. The lowest BCUT2D eigenvalue weighted by Gasteiger charge is -2.38. The lowest BCUT2D eigenvalue weighted by Crippen LogP contribution is -2.44. The van der Waals surface area contributed by atoms with E-state index in [1.807, 2.05) is 13.8 Å². The Morgan fingerprint density at radius 2 is 2.06 bits per heavy atom. The summed E-state index contributed by atoms with van der Waals surface area (Å²) in [5.41, 5.74) is 5.87. The Labute approximate surface area is 98.7 Å². The number of hydrogen-bond donors (Lipinski definition) is 1. The van der Waals surface area contributed by atoms with E-state index in [1.165, 1.54) is 25.7 Å². The van der Waals surface area contributed by atoms with E-state index in [0.29, 0.717) is 12.7 Å². The smallest absolute Gasteiger partial charge is 0.0707 e. The average Bonchev–Trinajstić information content (AvgIpc) is 2.63. The summed E-state index contributed by atoms with van der Waals surface area (Å²) in [4.78, 5) is 0. The van der Waals surface area contributed by atoms with Crippen LogP contribution in [0.5, 0.6) is 0 Å². The fourth-order valence-electron chi connectivity index (χ4n) is 2.83. The summed E-state index contributed by atoms with van der Waals surface area (Å²) < 4.78 is 11.9. The van der Waals surface area contributed by atoms with Crippen LogP contribution < -0.4 is 5.73 Å². The molecule has 3 nitrogen and oxygen atoms in total. The highest BCUT2D eigenvalue weighted by Crippen LogP contribution is 2.40. The van der Waals surface area contributed by atoms with Crippen LogP contribution in [0.1, 0.15) is 52.4 Å². The van der Waals surface area contributed by atoms with Gasteiger partial charge in [0.1, 0.15) is 0 Å². The van der Waals surface area contributed by atoms with Crippen molar-refractivity contribution < 1.29 is 9.47 Å². The maximum Gasteiger partial charge on any atom is 0.0707 e. The van der Waals surface area contributed by atoms with Crippen LogP contribution in [-0.2, 0) is 9.47 Å². The zero-order chi connectivity index (χ0) is 11.6. The SMILES string of the molecule is CC(C)(N)COC1CCOC2(CCCC2)C1. The van der Waals surface area contributed by atoms with Gasteiger partial charge in [-0.3, -0.25) is 0 Å². The molecule has 94 valence electrons. The van der Waals surface area contributed by atoms with Crippen LogP contribution in [0.3, 0.4) is 0 Å². The summed E-state index contributed by atoms with van der Waals surface area (Å²) >= 11 is 0. The molecule has 1 saturated carbocycles. The van der Waals surface area contributed by atoms with Crippen molar-refractivity contribution in [2.75, 3.05) is 13.2 Å². The highest BCUT2D eigenvalue weighted by Gasteiger charge is 2.40. The first kappa shape index (κ1) is 12.3. The number of ether oxygens (including phenoxy) is 2. The molecule has 0 aromatic heterocycles. The monoisotopic (exact) mass is 227 g/mol. The Bertz CT molecular complexity index is 229. The highest BCUT2D eigenvalue weighted by atomic mass is 16.5. The van der Waals surface area contributed by atoms with Crippen LogP contribution in [0.2, 0.25) is 0 Å². The molecule has 0 amide bonds. The van der Waals surface area contributed by atoms with Gasteiger partial charge in [-0.15, -0.1) is 0 Å². The molecule has 1 spiro atoms. The third kappa shape index (κ3) is 3.19. The van der Waals surface area contributed by atoms with Crippen LogP contribution in [-0.4, -0.2) is 30.5 Å². The first-order valence-corrected chi connectivity index (χ1v) is 6.54. The molecule has 1 unspecified atom stereocenters. The third-order valence-electron chi connectivity index (χ3n) is 3.65. The Morgan fingerprint density at radius 1 is 1.38 bits per heavy atom. The molecule has 2 N–H and O–H groups in total. The molecule has 2 rings (SSSR count). The quantitative estimate of drug-likeness (QED) is 0.804. The van der Waals surface area contributed by atoms with Gasteiger partial charge in [-0.25, -0.2) is 0 Å². The van der Waals surface area contributed by atoms with Gasteiger partial charge >= 0.3 is 0 Å². The number of nitrogens with two attached hydrogens (primary N) is 1. The fourth-order valence-corrected chi connectivity index (χ4v) is 2.83. The molecule has 0 radical (unpaired) electrons. The molecular weight excluding hydrogens is 202 g/mol. The molecule has 1 aliphatic carbocycles. The lowest BCUT2D eigenvalue weighted by molar-refractivity contribution is -0.134. The number of rotatable bonds is 3. The summed E-state index contributed by atoms with van der Waals surface area (Å²) in [6, 6.07) is 0. The second-order valence-electron chi connectivity index (χ2n) is 6.15. The summed E-state index contributed by atoms with van der Waals surface area (Å²) in [5, 5.41) is 0. The lowest BCUT2D eigenvalue weighted by atomic mass is 9.90. The molecular formula is C13H25NO2. The first-order chi connectivity index (χ1) is 7.49. The standard InChI is InChI=1S/C13H25NO2/c1-12(2,14)10-15-11-5-8-16-13(9-11)6-3-4-7-13/h11H,3-10,14H2,1-2H3. The molecule has 2 fully saturated rings. The normalized spacial score (nSPS) is 29.8. The zero-order valence-electron chi connectivity index (χ0n) is 10.6. The molecule has 0 aromatic carbocycles. The Morgan fingerprint density at radius 3 is 2.69 bits per heavy atom. The van der Waals surface area contributed by atoms with Crippen molar-refractivity contribution in [2.45, 2.75) is 69.6 Å². The molecule has 2 aliphatic rings. The van der Waals surface area contributed by atoms with Gasteiger partial charge in [0.25, 0.3) is 0 Å². The van der Waals surface area contributed by atoms with Gasteiger partial charge in [0, 0.05) is 18.6 Å². The summed E-state index contributed by atoms with van der Waals surface area (Å²) in [6.07, 6.45) is 7.53. The Balaban J connectivity index is 1.82. The summed E-state index contributed by atoms with van der Waals surface area (Å²) in [6.45, 7) is 5.53. The van der Waals surface area contributed by atoms with Gasteiger partial charge in [-0.2, -0.15) is 0 Å². The number of hydrogen-bond acceptors (Lipinski definition) is 3. The fraction of sp³-hybridized carbons (Fsp3) is 1.00. The summed E-state index contributed by atoms with van der Waals surface area (Å²) in [7, 11) is 0. The van der Waals surface area contributed by atoms with Crippen LogP contribution in [0.25, 0.3) is 0 Å². The minimum atomic E-state index is -0.221. The van der Waals surface area contributed by atoms with Crippen molar-refractivity contribution >= 4 is 0 Å². The van der Waals surface area contributed by atoms with Crippen molar-refractivity contribution in [1.82, 2.24) is 0 Å². The Hall–Kier alpha value is -0.120. The molecule has 16 heavy (non-hydrogen) atoms. The largest absolute Gasteiger partial charge is 0.376 e. The molecule has 1 heterocycles. The van der Waals surface area contributed by atoms with Crippen molar-refractivity contribution in [3.8, 4) is 0 Å². The van der Waals surface area contributed by atoms with E-state index in [4.69, 9.17) is 15.2 Å². The van der Waals surface area contributed by atoms with E-state index >= 15 is 0 Å². The van der Waals surface area contributed by atoms with E-state index in [1.54, 1.807) is 0 Å². The van der Waals surface area contributed by atoms with Crippen LogP contribution in [0, 0.1) is 0 Å². The van der Waals surface area contributed by atoms with Crippen LogP contribution in [0.15, 0.2) is 0 Å². The van der Waals surface area contributed by atoms with Crippen LogP contribution >= 0.6 is 0 Å². The van der Waals surface area contributed by atoms with Gasteiger partial charge in [-0.1, -0.05) is 12.8 Å². The summed E-state index contributed by atoms with van der Waals surface area (Å²) in [5.74, 6) is 0. The van der Waals surface area contributed by atoms with E-state index < -0.39 is 0 Å². The van der Waals surface area contributed by atoms with Crippen molar-refractivity contribution in [3.05, 3.63) is 0 Å². The van der Waals surface area contributed by atoms with Crippen LogP contribution in [0.4, 0.5) is 0 Å². The second kappa shape index (κ2) is 4.63. The minimum Gasteiger partial charge on any atom is -0.376 e. The topological polar surface area (TPSA) is 44.5 Å². The van der Waals surface area contributed by atoms with Gasteiger partial charge in [0.05, 0.1) is 18.3 Å². The van der Waals surface area contributed by atoms with Gasteiger partial charge in [0.15, 0.2) is 0 Å². The van der Waals surface area contributed by atoms with Crippen molar-refractivity contribution in [2.24, 2.45) is 5.73 Å². The van der Waals surface area contributed by atoms with Crippen molar-refractivity contribution in [1.29, 1.82) is 0 Å². The Kier molecular flexibility index (Phi) is 3.57. The zero-order valence-corrected chi connectivity index (χ0v) is 10.6. The van der Waals surface area contributed by atoms with E-state index in [9.17, 15) is 0 Å². The average molecular weight is 227 g/mol. The maximum atomic E-state index is 5.98. The van der Waals surface area contributed by atoms with Gasteiger partial charge < -0.3 is 15.2 Å². The molecule has 1 saturated heterocycles. The first-order valence-electron chi connectivity index (χ1n) is 6.54. The van der Waals surface area contributed by atoms with Gasteiger partial charge in [-0.05, 0) is 33.1 Å². The third-order valence-corrected chi connectivity index (χ3v) is 3.65.